The summed E-state index contributed by atoms with van der Waals surface area (Å²) in [6, 6.07) is 21.8. The third kappa shape index (κ3) is 3.99. The lowest BCUT2D eigenvalue weighted by molar-refractivity contribution is 0.0714. The molecule has 1 amide bonds. The molecule has 0 radical (unpaired) electrons. The van der Waals surface area contributed by atoms with Gasteiger partial charge in [0.25, 0.3) is 5.91 Å². The molecular weight excluding hydrogens is 410 g/mol. The predicted molar refractivity (Wildman–Crippen MR) is 129 cm³/mol. The molecule has 1 saturated heterocycles. The summed E-state index contributed by atoms with van der Waals surface area (Å²) < 4.78 is 1.99. The topological polar surface area (TPSA) is 87.4 Å². The van der Waals surface area contributed by atoms with Crippen LogP contribution in [0.3, 0.4) is 0 Å². The van der Waals surface area contributed by atoms with Gasteiger partial charge in [-0.3, -0.25) is 9.20 Å². The van der Waals surface area contributed by atoms with Crippen molar-refractivity contribution in [2.24, 2.45) is 5.73 Å². The number of carbonyl (C=O) groups excluding carboxylic acids is 1. The number of piperidine rings is 1. The number of amides is 1. The van der Waals surface area contributed by atoms with Crippen LogP contribution in [0.2, 0.25) is 0 Å². The van der Waals surface area contributed by atoms with Crippen LogP contribution in [0.1, 0.15) is 34.3 Å². The molecule has 6 heteroatoms. The fourth-order valence-electron chi connectivity index (χ4n) is 4.35. The van der Waals surface area contributed by atoms with Gasteiger partial charge in [0.1, 0.15) is 5.65 Å². The highest BCUT2D eigenvalue weighted by Gasteiger charge is 2.23. The third-order valence-electron chi connectivity index (χ3n) is 6.30. The van der Waals surface area contributed by atoms with Crippen molar-refractivity contribution in [2.75, 3.05) is 13.1 Å². The molecule has 1 aliphatic heterocycles. The highest BCUT2D eigenvalue weighted by molar-refractivity contribution is 5.95. The Morgan fingerprint density at radius 2 is 1.67 bits per heavy atom. The first kappa shape index (κ1) is 20.9. The lowest BCUT2D eigenvalue weighted by Crippen LogP contribution is -2.42. The summed E-state index contributed by atoms with van der Waals surface area (Å²) in [5, 5.41) is 9.21. The highest BCUT2D eigenvalue weighted by Crippen LogP contribution is 2.33. The van der Waals surface area contributed by atoms with Gasteiger partial charge in [0, 0.05) is 36.5 Å². The van der Waals surface area contributed by atoms with Crippen LogP contribution in [-0.2, 0) is 0 Å². The van der Waals surface area contributed by atoms with Gasteiger partial charge in [0.15, 0.2) is 0 Å². The van der Waals surface area contributed by atoms with Gasteiger partial charge in [-0.15, -0.1) is 0 Å². The Labute approximate surface area is 192 Å². The molecule has 0 aliphatic carbocycles. The Balaban J connectivity index is 1.64. The minimum Gasteiger partial charge on any atom is -0.338 e. The van der Waals surface area contributed by atoms with Crippen molar-refractivity contribution in [1.29, 1.82) is 5.26 Å². The molecule has 1 fully saturated rings. The third-order valence-corrected chi connectivity index (χ3v) is 6.30. The van der Waals surface area contributed by atoms with Gasteiger partial charge in [-0.2, -0.15) is 5.26 Å². The lowest BCUT2D eigenvalue weighted by Gasteiger charge is -2.30. The number of nitrogens with zero attached hydrogens (tertiary/aromatic N) is 4. The van der Waals surface area contributed by atoms with E-state index in [2.05, 4.69) is 37.3 Å². The summed E-state index contributed by atoms with van der Waals surface area (Å²) in [5.41, 5.74) is 12.9. The van der Waals surface area contributed by atoms with E-state index < -0.39 is 0 Å². The van der Waals surface area contributed by atoms with E-state index in [0.29, 0.717) is 24.2 Å². The van der Waals surface area contributed by atoms with Gasteiger partial charge in [-0.05, 0) is 44.0 Å². The first-order chi connectivity index (χ1) is 16.0. The summed E-state index contributed by atoms with van der Waals surface area (Å²) >= 11 is 0. The Kier molecular flexibility index (Phi) is 5.41. The first-order valence-electron chi connectivity index (χ1n) is 11.2. The van der Waals surface area contributed by atoms with E-state index in [4.69, 9.17) is 10.7 Å². The van der Waals surface area contributed by atoms with Crippen LogP contribution in [0.15, 0.2) is 66.9 Å². The van der Waals surface area contributed by atoms with E-state index in [0.717, 1.165) is 41.0 Å². The zero-order valence-corrected chi connectivity index (χ0v) is 18.5. The van der Waals surface area contributed by atoms with Crippen molar-refractivity contribution >= 4 is 11.6 Å². The van der Waals surface area contributed by atoms with E-state index in [9.17, 15) is 10.1 Å². The number of imidazole rings is 1. The zero-order chi connectivity index (χ0) is 22.9. The molecule has 4 aromatic rings. The number of fused-ring (bicyclic) bond motifs is 1. The normalized spacial score (nSPS) is 14.4. The van der Waals surface area contributed by atoms with Crippen LogP contribution >= 0.6 is 0 Å². The van der Waals surface area contributed by atoms with E-state index in [1.807, 2.05) is 39.8 Å². The highest BCUT2D eigenvalue weighted by atomic mass is 16.2. The van der Waals surface area contributed by atoms with E-state index in [1.54, 1.807) is 12.1 Å². The van der Waals surface area contributed by atoms with Gasteiger partial charge in [0.05, 0.1) is 28.6 Å². The number of nitriles is 1. The minimum atomic E-state index is 0.0140. The molecule has 0 bridgehead atoms. The number of pyridine rings is 1. The Hall–Kier alpha value is -3.95. The number of hydrogen-bond donors (Lipinski definition) is 1. The maximum atomic E-state index is 13.2. The van der Waals surface area contributed by atoms with Gasteiger partial charge in [0.2, 0.25) is 0 Å². The molecule has 0 spiro atoms. The largest absolute Gasteiger partial charge is 0.338 e. The maximum absolute atomic E-state index is 13.2. The second kappa shape index (κ2) is 8.53. The van der Waals surface area contributed by atoms with Gasteiger partial charge >= 0.3 is 0 Å². The molecule has 2 aromatic heterocycles. The van der Waals surface area contributed by atoms with E-state index in [-0.39, 0.29) is 11.9 Å². The van der Waals surface area contributed by atoms with Crippen molar-refractivity contribution in [3.63, 3.8) is 0 Å². The fraction of sp³-hybridized carbons (Fsp3) is 0.222. The van der Waals surface area contributed by atoms with Crippen molar-refractivity contribution in [3.05, 3.63) is 83.6 Å². The average molecular weight is 436 g/mol. The second-order valence-electron chi connectivity index (χ2n) is 8.64. The summed E-state index contributed by atoms with van der Waals surface area (Å²) in [5.74, 6) is 0.0140. The minimum absolute atomic E-state index is 0.0140. The average Bonchev–Trinajstić information content (AvgIpc) is 3.23. The summed E-state index contributed by atoms with van der Waals surface area (Å²) in [6.45, 7) is 3.42. The van der Waals surface area contributed by atoms with Crippen molar-refractivity contribution in [3.8, 4) is 28.6 Å². The van der Waals surface area contributed by atoms with Crippen molar-refractivity contribution in [2.45, 2.75) is 25.8 Å². The van der Waals surface area contributed by atoms with Crippen LogP contribution in [-0.4, -0.2) is 39.3 Å². The molecule has 6 nitrogen and oxygen atoms in total. The quantitative estimate of drug-likeness (QED) is 0.516. The molecule has 0 saturated carbocycles. The number of aryl methyl sites for hydroxylation is 1. The number of carbonyl (C=O) groups is 1. The van der Waals surface area contributed by atoms with E-state index in [1.165, 1.54) is 5.56 Å². The molecular formula is C27H25N5O. The Morgan fingerprint density at radius 3 is 2.33 bits per heavy atom. The van der Waals surface area contributed by atoms with Gasteiger partial charge in [-0.1, -0.05) is 42.0 Å². The smallest absolute Gasteiger partial charge is 0.255 e. The molecule has 0 atom stereocenters. The molecule has 164 valence electrons. The maximum Gasteiger partial charge on any atom is 0.255 e. The van der Waals surface area contributed by atoms with Crippen LogP contribution in [0.5, 0.6) is 0 Å². The monoisotopic (exact) mass is 435 g/mol. The Morgan fingerprint density at radius 1 is 1.00 bits per heavy atom. The summed E-state index contributed by atoms with van der Waals surface area (Å²) in [6.07, 6.45) is 3.53. The SMILES string of the molecule is Cc1ccc(-c2nc3ccc(C(=O)N4CCC(N)CC4)cn3c2-c2ccc(C#N)cc2)cc1. The molecule has 33 heavy (non-hydrogen) atoms. The first-order valence-corrected chi connectivity index (χ1v) is 11.2. The predicted octanol–water partition coefficient (Wildman–Crippen LogP) is 4.41. The van der Waals surface area contributed by atoms with Gasteiger partial charge < -0.3 is 10.6 Å². The van der Waals surface area contributed by atoms with Crippen LogP contribution < -0.4 is 5.73 Å². The second-order valence-corrected chi connectivity index (χ2v) is 8.64. The number of rotatable bonds is 3. The van der Waals surface area contributed by atoms with Crippen LogP contribution in [0, 0.1) is 18.3 Å². The molecule has 2 N–H and O–H groups in total. The molecule has 0 unspecified atom stereocenters. The van der Waals surface area contributed by atoms with Gasteiger partial charge in [-0.25, -0.2) is 4.98 Å². The lowest BCUT2D eigenvalue weighted by atomic mass is 10.0. The van der Waals surface area contributed by atoms with Crippen LogP contribution in [0.25, 0.3) is 28.2 Å². The number of hydrogen-bond acceptors (Lipinski definition) is 4. The summed E-state index contributed by atoms with van der Waals surface area (Å²) in [4.78, 5) is 20.0. The Bertz CT molecular complexity index is 1350. The molecule has 3 heterocycles. The molecule has 1 aliphatic rings. The van der Waals surface area contributed by atoms with Crippen molar-refractivity contribution in [1.82, 2.24) is 14.3 Å². The van der Waals surface area contributed by atoms with Crippen molar-refractivity contribution < 1.29 is 4.79 Å². The van der Waals surface area contributed by atoms with E-state index >= 15 is 0 Å². The number of aromatic nitrogens is 2. The summed E-state index contributed by atoms with van der Waals surface area (Å²) in [7, 11) is 0. The molecule has 2 aromatic carbocycles. The molecule has 5 rings (SSSR count). The number of nitrogens with two attached hydrogens (primary N) is 1. The van der Waals surface area contributed by atoms with Crippen LogP contribution in [0.4, 0.5) is 0 Å². The standard InChI is InChI=1S/C27H25N5O/c1-18-2-6-20(7-3-18)25-26(21-8-4-19(16-28)5-9-21)32-17-22(10-11-24(32)30-25)27(33)31-14-12-23(29)13-15-31/h2-11,17,23H,12-15,29H2,1H3. The zero-order valence-electron chi connectivity index (χ0n) is 18.5. The number of benzene rings is 2. The number of likely N-dealkylation sites (tertiary alicyclic amines) is 1. The fourth-order valence-corrected chi connectivity index (χ4v) is 4.35.